The van der Waals surface area contributed by atoms with Crippen molar-refractivity contribution in [1.29, 1.82) is 0 Å². The minimum absolute atomic E-state index is 0.0575. The molecule has 2 aromatic rings. The summed E-state index contributed by atoms with van der Waals surface area (Å²) in [7, 11) is 0. The molecular formula is C10H8ClN3O2. The third kappa shape index (κ3) is 1.61. The van der Waals surface area contributed by atoms with E-state index in [1.54, 1.807) is 18.2 Å². The Morgan fingerprint density at radius 1 is 1.38 bits per heavy atom. The first-order chi connectivity index (χ1) is 7.61. The lowest BCUT2D eigenvalue weighted by molar-refractivity contribution is 0.469. The summed E-state index contributed by atoms with van der Waals surface area (Å²) in [6.45, 7) is 0. The van der Waals surface area contributed by atoms with Gasteiger partial charge in [-0.25, -0.2) is 0 Å². The minimum atomic E-state index is -0.567. The van der Waals surface area contributed by atoms with E-state index in [1.165, 1.54) is 12.3 Å². The van der Waals surface area contributed by atoms with Gasteiger partial charge in [0.25, 0.3) is 5.56 Å². The number of phenolic OH excluding ortho intramolecular Hbond substituents is 1. The van der Waals surface area contributed by atoms with Crippen molar-refractivity contribution in [2.45, 2.75) is 0 Å². The fraction of sp³-hybridized carbons (Fsp3) is 0. The molecule has 0 saturated heterocycles. The minimum Gasteiger partial charge on any atom is -0.506 e. The molecule has 0 amide bonds. The van der Waals surface area contributed by atoms with E-state index in [4.69, 9.17) is 17.3 Å². The lowest BCUT2D eigenvalue weighted by Gasteiger charge is -2.07. The summed E-state index contributed by atoms with van der Waals surface area (Å²) in [5, 5.41) is 13.3. The Hall–Kier alpha value is -2.01. The van der Waals surface area contributed by atoms with Crippen molar-refractivity contribution in [2.24, 2.45) is 0 Å². The molecule has 0 aliphatic carbocycles. The van der Waals surface area contributed by atoms with Gasteiger partial charge in [-0.15, -0.1) is 0 Å². The Kier molecular flexibility index (Phi) is 2.54. The highest BCUT2D eigenvalue weighted by molar-refractivity contribution is 6.32. The van der Waals surface area contributed by atoms with E-state index >= 15 is 0 Å². The maximum absolute atomic E-state index is 11.7. The number of halogens is 1. The molecule has 1 aromatic heterocycles. The molecule has 0 spiro atoms. The predicted molar refractivity (Wildman–Crippen MR) is 60.9 cm³/mol. The number of nitrogens with zero attached hydrogens (tertiary/aromatic N) is 2. The van der Waals surface area contributed by atoms with Gasteiger partial charge < -0.3 is 10.8 Å². The van der Waals surface area contributed by atoms with E-state index < -0.39 is 5.56 Å². The SMILES string of the molecule is Nc1cnn(-c2ccccc2O)c(=O)c1Cl. The van der Waals surface area contributed by atoms with Crippen LogP contribution in [0.25, 0.3) is 5.69 Å². The number of phenols is 1. The summed E-state index contributed by atoms with van der Waals surface area (Å²) in [5.41, 5.74) is 5.24. The topological polar surface area (TPSA) is 81.1 Å². The van der Waals surface area contributed by atoms with Crippen LogP contribution in [0.15, 0.2) is 35.3 Å². The van der Waals surface area contributed by atoms with Crippen LogP contribution in [0.2, 0.25) is 5.02 Å². The molecule has 1 aromatic carbocycles. The molecule has 0 unspecified atom stereocenters. The first-order valence-electron chi connectivity index (χ1n) is 4.43. The average molecular weight is 238 g/mol. The van der Waals surface area contributed by atoms with Crippen LogP contribution >= 0.6 is 11.6 Å². The molecule has 0 saturated carbocycles. The molecule has 6 heteroatoms. The van der Waals surface area contributed by atoms with Gasteiger partial charge in [0.15, 0.2) is 0 Å². The van der Waals surface area contributed by atoms with Crippen LogP contribution in [-0.4, -0.2) is 14.9 Å². The maximum atomic E-state index is 11.7. The summed E-state index contributed by atoms with van der Waals surface area (Å²) < 4.78 is 0.994. The number of nitrogens with two attached hydrogens (primary N) is 1. The molecule has 82 valence electrons. The van der Waals surface area contributed by atoms with Crippen molar-refractivity contribution >= 4 is 17.3 Å². The van der Waals surface area contributed by atoms with Crippen molar-refractivity contribution in [3.8, 4) is 11.4 Å². The average Bonchev–Trinajstić information content (AvgIpc) is 2.28. The van der Waals surface area contributed by atoms with Crippen LogP contribution in [0, 0.1) is 0 Å². The fourth-order valence-corrected chi connectivity index (χ4v) is 1.39. The zero-order chi connectivity index (χ0) is 11.7. The lowest BCUT2D eigenvalue weighted by Crippen LogP contribution is -2.22. The van der Waals surface area contributed by atoms with Crippen LogP contribution in [0.3, 0.4) is 0 Å². The lowest BCUT2D eigenvalue weighted by atomic mass is 10.3. The first kappa shape index (κ1) is 10.5. The Labute approximate surface area is 95.7 Å². The highest BCUT2D eigenvalue weighted by atomic mass is 35.5. The zero-order valence-electron chi connectivity index (χ0n) is 8.09. The number of para-hydroxylation sites is 2. The van der Waals surface area contributed by atoms with Gasteiger partial charge in [-0.05, 0) is 12.1 Å². The molecule has 0 fully saturated rings. The zero-order valence-corrected chi connectivity index (χ0v) is 8.85. The van der Waals surface area contributed by atoms with Gasteiger partial charge in [-0.1, -0.05) is 23.7 Å². The number of anilines is 1. The molecule has 0 atom stereocenters. The monoisotopic (exact) mass is 237 g/mol. The van der Waals surface area contributed by atoms with E-state index in [1.807, 2.05) is 0 Å². The van der Waals surface area contributed by atoms with Crippen LogP contribution in [0.4, 0.5) is 5.69 Å². The van der Waals surface area contributed by atoms with Gasteiger partial charge in [-0.2, -0.15) is 9.78 Å². The Balaban J connectivity index is 2.72. The van der Waals surface area contributed by atoms with E-state index in [0.717, 1.165) is 4.68 Å². The summed E-state index contributed by atoms with van der Waals surface area (Å²) in [5.74, 6) is -0.0575. The second-order valence-corrected chi connectivity index (χ2v) is 3.50. The molecule has 5 nitrogen and oxygen atoms in total. The fourth-order valence-electron chi connectivity index (χ4n) is 1.26. The third-order valence-corrected chi connectivity index (χ3v) is 2.44. The van der Waals surface area contributed by atoms with E-state index in [0.29, 0.717) is 0 Å². The second kappa shape index (κ2) is 3.86. The number of aromatic nitrogens is 2. The largest absolute Gasteiger partial charge is 0.506 e. The van der Waals surface area contributed by atoms with E-state index in [-0.39, 0.29) is 22.1 Å². The molecule has 0 aliphatic heterocycles. The predicted octanol–water partition coefficient (Wildman–Crippen LogP) is 1.17. The number of nitrogen functional groups attached to an aromatic ring is 1. The molecule has 0 radical (unpaired) electrons. The van der Waals surface area contributed by atoms with Gasteiger partial charge in [0, 0.05) is 0 Å². The summed E-state index contributed by atoms with van der Waals surface area (Å²) in [4.78, 5) is 11.7. The quantitative estimate of drug-likeness (QED) is 0.780. The van der Waals surface area contributed by atoms with Crippen LogP contribution < -0.4 is 11.3 Å². The highest BCUT2D eigenvalue weighted by Crippen LogP contribution is 2.19. The number of hydrogen-bond donors (Lipinski definition) is 2. The maximum Gasteiger partial charge on any atom is 0.292 e. The Bertz CT molecular complexity index is 595. The van der Waals surface area contributed by atoms with Gasteiger partial charge in [0.1, 0.15) is 16.5 Å². The summed E-state index contributed by atoms with van der Waals surface area (Å²) >= 11 is 5.71. The smallest absolute Gasteiger partial charge is 0.292 e. The third-order valence-electron chi connectivity index (χ3n) is 2.06. The van der Waals surface area contributed by atoms with Crippen molar-refractivity contribution in [2.75, 3.05) is 5.73 Å². The standard InChI is InChI=1S/C10H8ClN3O2/c11-9-6(12)5-13-14(10(9)16)7-3-1-2-4-8(7)15/h1-5,15H,12H2. The number of benzene rings is 1. The van der Waals surface area contributed by atoms with Crippen LogP contribution in [0.5, 0.6) is 5.75 Å². The number of hydrogen-bond acceptors (Lipinski definition) is 4. The number of rotatable bonds is 1. The number of aromatic hydroxyl groups is 1. The van der Waals surface area contributed by atoms with E-state index in [9.17, 15) is 9.90 Å². The molecule has 0 bridgehead atoms. The summed E-state index contributed by atoms with van der Waals surface area (Å²) in [6, 6.07) is 6.32. The second-order valence-electron chi connectivity index (χ2n) is 3.12. The van der Waals surface area contributed by atoms with Crippen molar-refractivity contribution in [3.05, 3.63) is 45.8 Å². The van der Waals surface area contributed by atoms with Crippen LogP contribution in [-0.2, 0) is 0 Å². The molecular weight excluding hydrogens is 230 g/mol. The highest BCUT2D eigenvalue weighted by Gasteiger charge is 2.10. The Morgan fingerprint density at radius 2 is 2.06 bits per heavy atom. The van der Waals surface area contributed by atoms with E-state index in [2.05, 4.69) is 5.10 Å². The van der Waals surface area contributed by atoms with Crippen molar-refractivity contribution in [3.63, 3.8) is 0 Å². The van der Waals surface area contributed by atoms with Gasteiger partial charge in [0.2, 0.25) is 0 Å². The van der Waals surface area contributed by atoms with Crippen molar-refractivity contribution in [1.82, 2.24) is 9.78 Å². The summed E-state index contributed by atoms with van der Waals surface area (Å²) in [6.07, 6.45) is 1.26. The molecule has 1 heterocycles. The van der Waals surface area contributed by atoms with Gasteiger partial charge in [-0.3, -0.25) is 4.79 Å². The molecule has 3 N–H and O–H groups in total. The normalized spacial score (nSPS) is 10.3. The first-order valence-corrected chi connectivity index (χ1v) is 4.80. The van der Waals surface area contributed by atoms with Gasteiger partial charge in [0.05, 0.1) is 11.9 Å². The van der Waals surface area contributed by atoms with Crippen LogP contribution in [0.1, 0.15) is 0 Å². The van der Waals surface area contributed by atoms with Crippen molar-refractivity contribution < 1.29 is 5.11 Å². The molecule has 2 rings (SSSR count). The Morgan fingerprint density at radius 3 is 2.75 bits per heavy atom. The van der Waals surface area contributed by atoms with Gasteiger partial charge >= 0.3 is 0 Å². The molecule has 0 aliphatic rings. The molecule has 16 heavy (non-hydrogen) atoms.